The molecule has 4 aromatic carbocycles. The Morgan fingerprint density at radius 3 is 1.42 bits per heavy atom. The number of aliphatic hydroxyl groups is 3. The van der Waals surface area contributed by atoms with Crippen LogP contribution in [-0.4, -0.2) is 170 Å². The molecule has 3 fully saturated rings. The van der Waals surface area contributed by atoms with E-state index in [1.54, 1.807) is 67.8 Å². The highest BCUT2D eigenvalue weighted by Gasteiger charge is 2.39. The molecule has 0 amide bonds. The number of sulfonamides is 1. The molecule has 3 heterocycles. The van der Waals surface area contributed by atoms with Gasteiger partial charge in [-0.15, -0.1) is 12.3 Å². The van der Waals surface area contributed by atoms with Crippen molar-refractivity contribution in [2.24, 2.45) is 5.64 Å². The van der Waals surface area contributed by atoms with Gasteiger partial charge in [-0.05, 0) is 163 Å². The first-order valence-electron chi connectivity index (χ1n) is 35.4. The summed E-state index contributed by atoms with van der Waals surface area (Å²) in [5.74, 6) is -5.97. The normalized spacial score (nSPS) is 16.9. The number of ether oxygens (including phenoxy) is 10. The summed E-state index contributed by atoms with van der Waals surface area (Å²) >= 11 is 10.2. The second-order valence-corrected chi connectivity index (χ2v) is 42.3. The van der Waals surface area contributed by atoms with E-state index < -0.39 is 116 Å². The molecule has 4 aromatic rings. The monoisotopic (exact) mass is 2050 g/mol. The summed E-state index contributed by atoms with van der Waals surface area (Å²) in [4.78, 5) is -0.280. The predicted octanol–water partition coefficient (Wildman–Crippen LogP) is 18.0. The molecular formula is C77H118B2Br2ClF6I2N3O18S2Si. The number of nitrogens with one attached hydrogen (secondary N) is 1. The van der Waals surface area contributed by atoms with Gasteiger partial charge in [-0.25, -0.2) is 43.2 Å². The lowest BCUT2D eigenvalue weighted by Gasteiger charge is -2.36. The van der Waals surface area contributed by atoms with Gasteiger partial charge in [-0.3, -0.25) is 4.72 Å². The number of terminal acetylenes is 1. The largest absolute Gasteiger partial charge is 0.494 e. The minimum atomic E-state index is -4.28. The molecule has 0 aliphatic carbocycles. The van der Waals surface area contributed by atoms with Gasteiger partial charge in [0.25, 0.3) is 19.1 Å². The highest BCUT2D eigenvalue weighted by Crippen LogP contribution is 2.40. The smallest absolute Gasteiger partial charge is 0.257 e. The van der Waals surface area contributed by atoms with Crippen molar-refractivity contribution in [3.63, 3.8) is 0 Å². The number of methoxy groups -OCH3 is 4. The van der Waals surface area contributed by atoms with E-state index in [0.29, 0.717) is 51.2 Å². The van der Waals surface area contributed by atoms with Gasteiger partial charge in [0.15, 0.2) is 61.5 Å². The van der Waals surface area contributed by atoms with E-state index in [9.17, 15) is 48.3 Å². The van der Waals surface area contributed by atoms with Crippen LogP contribution in [-0.2, 0) is 74.2 Å². The van der Waals surface area contributed by atoms with Crippen LogP contribution in [0.5, 0.6) is 11.5 Å². The SMILES string of the molecule is C.C#CC[C@H](O)CO[Si](C)(C)C(C)(C)C.C=C(Br)C[C@H](O)CO.C=C(Br)C[C@H]1COC(C)(C)O1.C=C(C[C@H]1COC(C)(C)O1)S(=O)(=O)Cl.C=C(C[C@H]1COC(C)(C)O1)S(=O)(=O)Nc1c(OC)cc(F)c(F)c1Cc1ccc(I)cc1F.COC(C)(C)OC.COc1cc(F)c(F)c(Cc2ccc(I)cc2F)c1N.[2H]CC.[B]B(C)N. The lowest BCUT2D eigenvalue weighted by atomic mass is 9.46. The van der Waals surface area contributed by atoms with Crippen LogP contribution < -0.4 is 25.6 Å². The van der Waals surface area contributed by atoms with Crippen LogP contribution in [0.1, 0.15) is 153 Å². The van der Waals surface area contributed by atoms with E-state index >= 15 is 0 Å². The molecule has 3 aliphatic rings. The van der Waals surface area contributed by atoms with Crippen molar-refractivity contribution in [3.8, 4) is 23.8 Å². The Morgan fingerprint density at radius 2 is 1.11 bits per heavy atom. The Hall–Kier alpha value is -3.38. The van der Waals surface area contributed by atoms with E-state index in [1.807, 2.05) is 72.9 Å². The van der Waals surface area contributed by atoms with Gasteiger partial charge in [-0.1, -0.05) is 119 Å². The van der Waals surface area contributed by atoms with Gasteiger partial charge in [0.1, 0.15) is 23.1 Å². The van der Waals surface area contributed by atoms with E-state index in [4.69, 9.17) is 99.6 Å². The number of anilines is 2. The Kier molecular flexibility index (Phi) is 52.8. The highest BCUT2D eigenvalue weighted by molar-refractivity contribution is 14.1. The fourth-order valence-corrected chi connectivity index (χ4v) is 13.0. The molecule has 21 nitrogen and oxygen atoms in total. The Balaban J connectivity index is -0.00000133. The van der Waals surface area contributed by atoms with Crippen LogP contribution in [0.15, 0.2) is 93.6 Å². The second-order valence-electron chi connectivity index (χ2n) is 28.3. The first kappa shape index (κ1) is 113. The number of aliphatic hydroxyl groups excluding tert-OH is 3. The fraction of sp³-hybridized carbons (Fsp3) is 0.558. The summed E-state index contributed by atoms with van der Waals surface area (Å²) in [5, 5.41) is 26.6. The molecule has 648 valence electrons. The van der Waals surface area contributed by atoms with Crippen molar-refractivity contribution in [1.82, 2.24) is 0 Å². The summed E-state index contributed by atoms with van der Waals surface area (Å²) in [6.45, 7) is 44.8. The number of benzene rings is 4. The Labute approximate surface area is 726 Å². The second kappa shape index (κ2) is 53.4. The number of rotatable bonds is 25. The fourth-order valence-electron chi connectivity index (χ4n) is 8.69. The van der Waals surface area contributed by atoms with Gasteiger partial charge in [-0.2, -0.15) is 0 Å². The highest BCUT2D eigenvalue weighted by atomic mass is 127. The number of nitrogens with two attached hydrogens (primary N) is 2. The van der Waals surface area contributed by atoms with Crippen molar-refractivity contribution >= 4 is 141 Å². The minimum Gasteiger partial charge on any atom is -0.494 e. The lowest BCUT2D eigenvalue weighted by Crippen LogP contribution is -2.42. The summed E-state index contributed by atoms with van der Waals surface area (Å²) in [7, 11) is 6.03. The quantitative estimate of drug-likeness (QED) is 0.00683. The first-order valence-corrected chi connectivity index (χ1v) is 45.2. The van der Waals surface area contributed by atoms with Crippen LogP contribution in [0.2, 0.25) is 25.0 Å². The molecule has 7 rings (SSSR count). The van der Waals surface area contributed by atoms with E-state index in [2.05, 4.69) is 103 Å². The van der Waals surface area contributed by atoms with Crippen LogP contribution in [0.4, 0.5) is 37.7 Å². The topological polar surface area (TPSA) is 295 Å². The summed E-state index contributed by atoms with van der Waals surface area (Å²) < 4.78 is 202. The molecule has 0 spiro atoms. The predicted molar refractivity (Wildman–Crippen MR) is 472 cm³/mol. The average molecular weight is 2050 g/mol. The number of nitrogen functional groups attached to an aromatic ring is 1. The zero-order chi connectivity index (χ0) is 89.1. The third kappa shape index (κ3) is 45.3. The zero-order valence-electron chi connectivity index (χ0n) is 68.9. The van der Waals surface area contributed by atoms with Crippen LogP contribution in [0.3, 0.4) is 0 Å². The molecule has 0 aromatic heterocycles. The average Bonchev–Trinajstić information content (AvgIpc) is 1.25. The van der Waals surface area contributed by atoms with Gasteiger partial charge >= 0.3 is 0 Å². The standard InChI is InChI=1S/C22H23F3INO5S.C14H11F3INO.C11H22O2Si.C8H13BrO2.C8H13ClO4S.C5H9BrO2.C5H12O2.C2H6.CH5B2N.CH4/c1-12(7-15-11-31-22(2,3)32-15)33(28,29)27-21-16(20(25)18(24)10-19(21)30-4)8-13-5-6-14(26)9-17(13)23;1-20-12-6-11(16)13(17)9(14(12)19)4-7-2-3-8(18)5-10(7)15;1-7-8-10(12)9-13-14(5,6)11(2,3)4;1-6(9)4-7-5-10-8(2,3)11-7;1-6(14(9,10)11)4-7-5-12-8(2,3)13-7;1-4(6)2-5(8)3-7;1-5(2,6-3)7-4;1-2;1-3(2)4;/h5-6,9-10,15,27H,1,7-8,11H2,2-4H3;2-3,5-6H,4,19H2,1H3;1,10,12H,8-9H2,2-6H3;7H,1,4-5H2,2-3H3;7H,1,4-5H2,2-3H3;5,7-8H,1-3H2;1-4H3;1-2H3;4H2,1H3;1H4/t15-;;10-;2*7-;5-;;;;/m0.0000..../s1/i;;;;;;;1D;;. The molecule has 0 unspecified atom stereocenters. The molecule has 114 heavy (non-hydrogen) atoms. The van der Waals surface area contributed by atoms with Crippen LogP contribution >= 0.6 is 87.7 Å². The summed E-state index contributed by atoms with van der Waals surface area (Å²) in [6.07, 6.45) is 4.39. The maximum absolute atomic E-state index is 14.8. The molecule has 0 bridgehead atoms. The zero-order valence-corrected chi connectivity index (χ0v) is 78.7. The third-order valence-electron chi connectivity index (χ3n) is 15.8. The third-order valence-corrected chi connectivity index (χ3v) is 25.2. The van der Waals surface area contributed by atoms with Gasteiger partial charge in [0.05, 0.1) is 99.0 Å². The van der Waals surface area contributed by atoms with Crippen LogP contribution in [0, 0.1) is 54.4 Å². The Morgan fingerprint density at radius 1 is 0.737 bits per heavy atom. The Bertz CT molecular complexity index is 3990. The van der Waals surface area contributed by atoms with Crippen molar-refractivity contribution in [3.05, 3.63) is 158 Å². The molecule has 0 saturated carbocycles. The first-order chi connectivity index (χ1) is 52.1. The van der Waals surface area contributed by atoms with Gasteiger partial charge in [0.2, 0.25) is 0 Å². The number of hydrogen-bond acceptors (Lipinski definition) is 20. The van der Waals surface area contributed by atoms with Crippen molar-refractivity contribution in [2.75, 3.05) is 71.9 Å². The molecular weight excluding hydrogens is 1930 g/mol. The van der Waals surface area contributed by atoms with Gasteiger partial charge in [0, 0.05) is 109 Å². The van der Waals surface area contributed by atoms with Crippen molar-refractivity contribution in [1.29, 1.82) is 0 Å². The lowest BCUT2D eigenvalue weighted by molar-refractivity contribution is -0.178. The number of hydrogen-bond donors (Lipinski definition) is 6. The summed E-state index contributed by atoms with van der Waals surface area (Å²) in [6, 6.07) is 10.4. The number of halogens is 11. The molecule has 2 radical (unpaired) electrons. The van der Waals surface area contributed by atoms with E-state index in [-0.39, 0.29) is 113 Å². The minimum absolute atomic E-state index is 0. The molecule has 5 atom stereocenters. The van der Waals surface area contributed by atoms with Crippen molar-refractivity contribution < 1.29 is 112 Å². The molecule has 3 saturated heterocycles. The van der Waals surface area contributed by atoms with E-state index in [1.165, 1.54) is 38.5 Å². The van der Waals surface area contributed by atoms with Crippen molar-refractivity contribution in [2.45, 2.75) is 221 Å². The maximum Gasteiger partial charge on any atom is 0.257 e. The van der Waals surface area contributed by atoms with Crippen LogP contribution in [0.25, 0.3) is 0 Å². The maximum atomic E-state index is 14.8. The van der Waals surface area contributed by atoms with Gasteiger partial charge < -0.3 is 78.5 Å². The summed E-state index contributed by atoms with van der Waals surface area (Å²) in [5.41, 5.74) is 10.1. The molecule has 37 heteroatoms. The molecule has 8 N–H and O–H groups in total. The van der Waals surface area contributed by atoms with E-state index in [0.717, 1.165) is 23.0 Å². The molecule has 3 aliphatic heterocycles.